The van der Waals surface area contributed by atoms with Gasteiger partial charge < -0.3 is 10.1 Å². The first kappa shape index (κ1) is 16.3. The first-order valence-corrected chi connectivity index (χ1v) is 9.16. The Morgan fingerprint density at radius 1 is 0.900 bits per heavy atom. The lowest BCUT2D eigenvalue weighted by Crippen LogP contribution is -2.45. The van der Waals surface area contributed by atoms with E-state index in [1.54, 1.807) is 0 Å². The van der Waals surface area contributed by atoms with E-state index in [-0.39, 0.29) is 0 Å². The van der Waals surface area contributed by atoms with E-state index in [9.17, 15) is 0 Å². The lowest BCUT2D eigenvalue weighted by atomic mass is 9.72. The Morgan fingerprint density at radius 2 is 1.55 bits per heavy atom. The number of rotatable bonds is 7. The van der Waals surface area contributed by atoms with Gasteiger partial charge in [-0.3, -0.25) is 0 Å². The van der Waals surface area contributed by atoms with Gasteiger partial charge in [0.25, 0.3) is 0 Å². The summed E-state index contributed by atoms with van der Waals surface area (Å²) in [6, 6.07) is 0.765. The maximum absolute atomic E-state index is 5.56. The molecule has 1 unspecified atom stereocenters. The molecule has 0 amide bonds. The molecular formula is C18H35NO. The van der Waals surface area contributed by atoms with Gasteiger partial charge in [0.15, 0.2) is 0 Å². The van der Waals surface area contributed by atoms with E-state index in [0.717, 1.165) is 37.0 Å². The van der Waals surface area contributed by atoms with Crippen LogP contribution in [0.4, 0.5) is 0 Å². The van der Waals surface area contributed by atoms with Crippen LogP contribution in [0.2, 0.25) is 0 Å². The van der Waals surface area contributed by atoms with E-state index in [2.05, 4.69) is 19.2 Å². The number of nitrogens with one attached hydrogen (secondary N) is 1. The molecule has 1 saturated carbocycles. The normalized spacial score (nSPS) is 30.3. The average molecular weight is 281 g/mol. The molecule has 2 rings (SSSR count). The monoisotopic (exact) mass is 281 g/mol. The van der Waals surface area contributed by atoms with Gasteiger partial charge in [0.05, 0.1) is 0 Å². The maximum Gasteiger partial charge on any atom is 0.0469 e. The molecule has 0 radical (unpaired) electrons. The van der Waals surface area contributed by atoms with Crippen molar-refractivity contribution in [1.82, 2.24) is 5.32 Å². The predicted octanol–water partition coefficient (Wildman–Crippen LogP) is 4.39. The van der Waals surface area contributed by atoms with Crippen LogP contribution in [-0.4, -0.2) is 25.8 Å². The molecule has 1 saturated heterocycles. The van der Waals surface area contributed by atoms with Crippen LogP contribution >= 0.6 is 0 Å². The summed E-state index contributed by atoms with van der Waals surface area (Å²) < 4.78 is 5.56. The van der Waals surface area contributed by atoms with E-state index >= 15 is 0 Å². The smallest absolute Gasteiger partial charge is 0.0469 e. The molecule has 0 spiro atoms. The second-order valence-corrected chi connectivity index (χ2v) is 7.00. The van der Waals surface area contributed by atoms with Crippen LogP contribution in [0.25, 0.3) is 0 Å². The summed E-state index contributed by atoms with van der Waals surface area (Å²) in [5.74, 6) is 2.82. The van der Waals surface area contributed by atoms with E-state index in [1.807, 2.05) is 0 Å². The van der Waals surface area contributed by atoms with Crippen LogP contribution in [0, 0.1) is 17.8 Å². The molecule has 0 aromatic heterocycles. The molecule has 0 aromatic rings. The molecule has 1 N–H and O–H groups in total. The Morgan fingerprint density at radius 3 is 2.15 bits per heavy atom. The van der Waals surface area contributed by atoms with Crippen molar-refractivity contribution in [2.45, 2.75) is 77.7 Å². The lowest BCUT2D eigenvalue weighted by Gasteiger charge is -2.40. The summed E-state index contributed by atoms with van der Waals surface area (Å²) in [5, 5.41) is 3.90. The van der Waals surface area contributed by atoms with Crippen LogP contribution in [0.5, 0.6) is 0 Å². The quantitative estimate of drug-likeness (QED) is 0.747. The van der Waals surface area contributed by atoms with E-state index in [4.69, 9.17) is 4.74 Å². The number of hydrogen-bond acceptors (Lipinski definition) is 2. The summed E-state index contributed by atoms with van der Waals surface area (Å²) in [4.78, 5) is 0. The minimum absolute atomic E-state index is 0.765. The largest absolute Gasteiger partial charge is 0.381 e. The summed E-state index contributed by atoms with van der Waals surface area (Å²) in [7, 11) is 0. The first-order valence-electron chi connectivity index (χ1n) is 9.16. The van der Waals surface area contributed by atoms with Crippen molar-refractivity contribution in [1.29, 1.82) is 0 Å². The summed E-state index contributed by atoms with van der Waals surface area (Å²) in [6.45, 7) is 7.78. The van der Waals surface area contributed by atoms with Crippen molar-refractivity contribution in [2.24, 2.45) is 17.8 Å². The van der Waals surface area contributed by atoms with Gasteiger partial charge in [0.1, 0.15) is 0 Å². The van der Waals surface area contributed by atoms with E-state index in [0.29, 0.717) is 0 Å². The molecule has 2 heteroatoms. The molecule has 1 atom stereocenters. The number of ether oxygens (including phenoxy) is 1. The highest BCUT2D eigenvalue weighted by Crippen LogP contribution is 2.37. The Hall–Kier alpha value is -0.0800. The maximum atomic E-state index is 5.56. The zero-order valence-corrected chi connectivity index (χ0v) is 13.7. The van der Waals surface area contributed by atoms with Crippen LogP contribution in [0.3, 0.4) is 0 Å². The predicted molar refractivity (Wildman–Crippen MR) is 86.0 cm³/mol. The van der Waals surface area contributed by atoms with Gasteiger partial charge in [0, 0.05) is 19.3 Å². The van der Waals surface area contributed by atoms with Crippen LogP contribution < -0.4 is 5.32 Å². The molecule has 1 aliphatic heterocycles. The summed E-state index contributed by atoms with van der Waals surface area (Å²) in [6.07, 6.45) is 12.5. The van der Waals surface area contributed by atoms with Gasteiger partial charge in [-0.05, 0) is 56.4 Å². The minimum Gasteiger partial charge on any atom is -0.381 e. The highest BCUT2D eigenvalue weighted by molar-refractivity contribution is 4.87. The van der Waals surface area contributed by atoms with Crippen molar-refractivity contribution in [3.63, 3.8) is 0 Å². The van der Waals surface area contributed by atoms with Gasteiger partial charge in [-0.2, -0.15) is 0 Å². The molecular weight excluding hydrogens is 246 g/mol. The second kappa shape index (κ2) is 9.04. The standard InChI is InChI=1S/C18H35NO/c1-3-5-15-6-8-16(9-7-15)18(19-12-4-2)17-10-13-20-14-11-17/h15-19H,3-14H2,1-2H3. The molecule has 2 fully saturated rings. The highest BCUT2D eigenvalue weighted by atomic mass is 16.5. The summed E-state index contributed by atoms with van der Waals surface area (Å²) in [5.41, 5.74) is 0. The van der Waals surface area contributed by atoms with Crippen molar-refractivity contribution < 1.29 is 4.74 Å². The summed E-state index contributed by atoms with van der Waals surface area (Å²) >= 11 is 0. The molecule has 1 heterocycles. The number of hydrogen-bond donors (Lipinski definition) is 1. The third kappa shape index (κ3) is 4.73. The molecule has 20 heavy (non-hydrogen) atoms. The van der Waals surface area contributed by atoms with Gasteiger partial charge in [0.2, 0.25) is 0 Å². The van der Waals surface area contributed by atoms with Crippen LogP contribution in [0.15, 0.2) is 0 Å². The van der Waals surface area contributed by atoms with Crippen LogP contribution in [-0.2, 0) is 4.74 Å². The van der Waals surface area contributed by atoms with Crippen molar-refractivity contribution in [3.8, 4) is 0 Å². The minimum atomic E-state index is 0.765. The van der Waals surface area contributed by atoms with Crippen LogP contribution in [0.1, 0.15) is 71.6 Å². The SMILES string of the molecule is CCCNC(C1CCOCC1)C1CCC(CCC)CC1. The van der Waals surface area contributed by atoms with Gasteiger partial charge in [-0.1, -0.05) is 39.5 Å². The molecule has 2 nitrogen and oxygen atoms in total. The molecule has 118 valence electrons. The van der Waals surface area contributed by atoms with Crippen molar-refractivity contribution >= 4 is 0 Å². The Labute approximate surface area is 126 Å². The van der Waals surface area contributed by atoms with Gasteiger partial charge in [-0.15, -0.1) is 0 Å². The average Bonchev–Trinajstić information content (AvgIpc) is 2.51. The Kier molecular flexibility index (Phi) is 7.37. The fourth-order valence-corrected chi connectivity index (χ4v) is 4.35. The van der Waals surface area contributed by atoms with Crippen molar-refractivity contribution in [2.75, 3.05) is 19.8 Å². The van der Waals surface area contributed by atoms with Crippen molar-refractivity contribution in [3.05, 3.63) is 0 Å². The molecule has 0 bridgehead atoms. The second-order valence-electron chi connectivity index (χ2n) is 7.00. The lowest BCUT2D eigenvalue weighted by molar-refractivity contribution is 0.0382. The Balaban J connectivity index is 1.86. The topological polar surface area (TPSA) is 21.3 Å². The molecule has 2 aliphatic rings. The van der Waals surface area contributed by atoms with E-state index < -0.39 is 0 Å². The zero-order chi connectivity index (χ0) is 14.2. The third-order valence-electron chi connectivity index (χ3n) is 5.50. The molecule has 0 aromatic carbocycles. The van der Waals surface area contributed by atoms with Gasteiger partial charge in [-0.25, -0.2) is 0 Å². The van der Waals surface area contributed by atoms with Gasteiger partial charge >= 0.3 is 0 Å². The zero-order valence-electron chi connectivity index (χ0n) is 13.7. The third-order valence-corrected chi connectivity index (χ3v) is 5.50. The Bertz CT molecular complexity index is 242. The highest BCUT2D eigenvalue weighted by Gasteiger charge is 2.32. The first-order chi connectivity index (χ1) is 9.85. The fourth-order valence-electron chi connectivity index (χ4n) is 4.35. The molecule has 1 aliphatic carbocycles. The fraction of sp³-hybridized carbons (Fsp3) is 1.00. The van der Waals surface area contributed by atoms with E-state index in [1.165, 1.54) is 64.3 Å².